The topological polar surface area (TPSA) is 26.0 Å². The van der Waals surface area contributed by atoms with Gasteiger partial charge in [-0.3, -0.25) is 0 Å². The zero-order valence-electron chi connectivity index (χ0n) is 9.75. The van der Waals surface area contributed by atoms with Crippen molar-refractivity contribution < 1.29 is 4.39 Å². The molecule has 0 fully saturated rings. The molecule has 0 saturated carbocycles. The van der Waals surface area contributed by atoms with Crippen molar-refractivity contribution in [1.82, 2.24) is 0 Å². The third kappa shape index (κ3) is 2.58. The third-order valence-electron chi connectivity index (χ3n) is 2.87. The molecule has 2 aromatic rings. The van der Waals surface area contributed by atoms with E-state index in [-0.39, 0.29) is 5.82 Å². The maximum absolute atomic E-state index is 13.5. The molecular formula is C14H12BrClFN. The fourth-order valence-electron chi connectivity index (χ4n) is 1.74. The standard InChI is InChI=1S/C14H12BrClFN/c1-8-5-6-9(7-11(8)16)14(18)10-3-2-4-12(17)13(10)15/h2-7,14H,18H2,1H3. The Labute approximate surface area is 119 Å². The van der Waals surface area contributed by atoms with Crippen LogP contribution >= 0.6 is 27.5 Å². The molecule has 0 aromatic heterocycles. The van der Waals surface area contributed by atoms with Gasteiger partial charge in [-0.15, -0.1) is 0 Å². The molecule has 0 bridgehead atoms. The van der Waals surface area contributed by atoms with Crippen LogP contribution in [0.25, 0.3) is 0 Å². The quantitative estimate of drug-likeness (QED) is 0.856. The average molecular weight is 329 g/mol. The van der Waals surface area contributed by atoms with Crippen LogP contribution in [0.15, 0.2) is 40.9 Å². The zero-order chi connectivity index (χ0) is 13.3. The van der Waals surface area contributed by atoms with Gasteiger partial charge >= 0.3 is 0 Å². The molecule has 94 valence electrons. The molecule has 18 heavy (non-hydrogen) atoms. The molecule has 1 unspecified atom stereocenters. The second-order valence-electron chi connectivity index (χ2n) is 4.13. The van der Waals surface area contributed by atoms with E-state index in [1.165, 1.54) is 6.07 Å². The van der Waals surface area contributed by atoms with Crippen LogP contribution < -0.4 is 5.73 Å². The van der Waals surface area contributed by atoms with E-state index in [4.69, 9.17) is 17.3 Å². The van der Waals surface area contributed by atoms with E-state index in [1.54, 1.807) is 12.1 Å². The minimum absolute atomic E-state index is 0.318. The van der Waals surface area contributed by atoms with Gasteiger partial charge in [0.1, 0.15) is 5.82 Å². The first-order chi connectivity index (χ1) is 8.50. The lowest BCUT2D eigenvalue weighted by molar-refractivity contribution is 0.616. The van der Waals surface area contributed by atoms with E-state index in [0.717, 1.165) is 11.1 Å². The molecule has 1 atom stereocenters. The number of aryl methyl sites for hydroxylation is 1. The molecule has 4 heteroatoms. The highest BCUT2D eigenvalue weighted by Gasteiger charge is 2.15. The molecule has 1 nitrogen and oxygen atoms in total. The summed E-state index contributed by atoms with van der Waals surface area (Å²) in [6.07, 6.45) is 0. The van der Waals surface area contributed by atoms with Crippen LogP contribution in [0.1, 0.15) is 22.7 Å². The Hall–Kier alpha value is -0.900. The molecular weight excluding hydrogens is 317 g/mol. The zero-order valence-corrected chi connectivity index (χ0v) is 12.1. The molecule has 0 saturated heterocycles. The summed E-state index contributed by atoms with van der Waals surface area (Å²) in [6.45, 7) is 1.93. The number of nitrogens with two attached hydrogens (primary N) is 1. The number of rotatable bonds is 2. The van der Waals surface area contributed by atoms with E-state index in [2.05, 4.69) is 15.9 Å². The Morgan fingerprint density at radius 2 is 2.00 bits per heavy atom. The third-order valence-corrected chi connectivity index (χ3v) is 4.12. The molecule has 0 aliphatic rings. The number of halogens is 3. The van der Waals surface area contributed by atoms with Gasteiger partial charge in [-0.25, -0.2) is 4.39 Å². The Morgan fingerprint density at radius 3 is 2.67 bits per heavy atom. The van der Waals surface area contributed by atoms with E-state index >= 15 is 0 Å². The van der Waals surface area contributed by atoms with Crippen molar-refractivity contribution in [3.05, 3.63) is 68.4 Å². The van der Waals surface area contributed by atoms with Gasteiger partial charge in [0.05, 0.1) is 10.5 Å². The van der Waals surface area contributed by atoms with E-state index < -0.39 is 6.04 Å². The Kier molecular flexibility index (Phi) is 4.05. The van der Waals surface area contributed by atoms with Gasteiger partial charge in [0, 0.05) is 5.02 Å². The first kappa shape index (κ1) is 13.5. The van der Waals surface area contributed by atoms with Crippen molar-refractivity contribution in [2.45, 2.75) is 13.0 Å². The predicted molar refractivity (Wildman–Crippen MR) is 76.3 cm³/mol. The highest BCUT2D eigenvalue weighted by Crippen LogP contribution is 2.30. The van der Waals surface area contributed by atoms with Crippen LogP contribution in [0.2, 0.25) is 5.02 Å². The minimum atomic E-state index is -0.409. The van der Waals surface area contributed by atoms with E-state index in [9.17, 15) is 4.39 Å². The predicted octanol–water partition coefficient (Wildman–Crippen LogP) is 4.60. The van der Waals surface area contributed by atoms with Gasteiger partial charge in [0.25, 0.3) is 0 Å². The molecule has 0 radical (unpaired) electrons. The maximum Gasteiger partial charge on any atom is 0.137 e. The SMILES string of the molecule is Cc1ccc(C(N)c2cccc(F)c2Br)cc1Cl. The van der Waals surface area contributed by atoms with E-state index in [1.807, 2.05) is 25.1 Å². The number of hydrogen-bond acceptors (Lipinski definition) is 1. The first-order valence-corrected chi connectivity index (χ1v) is 6.63. The lowest BCUT2D eigenvalue weighted by atomic mass is 9.98. The fourth-order valence-corrected chi connectivity index (χ4v) is 2.44. The molecule has 2 aromatic carbocycles. The summed E-state index contributed by atoms with van der Waals surface area (Å²) in [6, 6.07) is 10.1. The van der Waals surface area contributed by atoms with Gasteiger partial charge in [-0.1, -0.05) is 35.9 Å². The van der Waals surface area contributed by atoms with Gasteiger partial charge in [-0.2, -0.15) is 0 Å². The van der Waals surface area contributed by atoms with Crippen LogP contribution in [0.4, 0.5) is 4.39 Å². The molecule has 0 heterocycles. The van der Waals surface area contributed by atoms with Crippen molar-refractivity contribution in [2.75, 3.05) is 0 Å². The summed E-state index contributed by atoms with van der Waals surface area (Å²) < 4.78 is 13.9. The summed E-state index contributed by atoms with van der Waals surface area (Å²) in [7, 11) is 0. The summed E-state index contributed by atoms with van der Waals surface area (Å²) in [5, 5.41) is 0.662. The van der Waals surface area contributed by atoms with Gasteiger partial charge < -0.3 is 5.73 Å². The lowest BCUT2D eigenvalue weighted by Crippen LogP contribution is -2.13. The second-order valence-corrected chi connectivity index (χ2v) is 5.33. The summed E-state index contributed by atoms with van der Waals surface area (Å²) in [5.41, 5.74) is 8.70. The maximum atomic E-state index is 13.5. The van der Waals surface area contributed by atoms with Crippen molar-refractivity contribution in [3.63, 3.8) is 0 Å². The Bertz CT molecular complexity index is 586. The Morgan fingerprint density at radius 1 is 1.28 bits per heavy atom. The summed E-state index contributed by atoms with van der Waals surface area (Å²) in [4.78, 5) is 0. The highest BCUT2D eigenvalue weighted by atomic mass is 79.9. The largest absolute Gasteiger partial charge is 0.320 e. The van der Waals surface area contributed by atoms with Gasteiger partial charge in [-0.05, 0) is 51.7 Å². The van der Waals surface area contributed by atoms with Crippen LogP contribution in [0.3, 0.4) is 0 Å². The minimum Gasteiger partial charge on any atom is -0.320 e. The van der Waals surface area contributed by atoms with Gasteiger partial charge in [0.2, 0.25) is 0 Å². The smallest absolute Gasteiger partial charge is 0.137 e. The molecule has 0 aliphatic heterocycles. The average Bonchev–Trinajstić information content (AvgIpc) is 2.35. The first-order valence-electron chi connectivity index (χ1n) is 5.46. The molecule has 2 rings (SSSR count). The summed E-state index contributed by atoms with van der Waals surface area (Å²) in [5.74, 6) is -0.318. The molecule has 0 amide bonds. The second kappa shape index (κ2) is 5.39. The van der Waals surface area contributed by atoms with Crippen LogP contribution in [0.5, 0.6) is 0 Å². The van der Waals surface area contributed by atoms with Crippen molar-refractivity contribution in [2.24, 2.45) is 5.73 Å². The number of hydrogen-bond donors (Lipinski definition) is 1. The molecule has 0 aliphatic carbocycles. The highest BCUT2D eigenvalue weighted by molar-refractivity contribution is 9.10. The van der Waals surface area contributed by atoms with Crippen molar-refractivity contribution in [3.8, 4) is 0 Å². The molecule has 0 spiro atoms. The van der Waals surface area contributed by atoms with Crippen LogP contribution in [-0.4, -0.2) is 0 Å². The van der Waals surface area contributed by atoms with Gasteiger partial charge in [0.15, 0.2) is 0 Å². The van der Waals surface area contributed by atoms with Crippen molar-refractivity contribution >= 4 is 27.5 Å². The fraction of sp³-hybridized carbons (Fsp3) is 0.143. The summed E-state index contributed by atoms with van der Waals surface area (Å²) >= 11 is 9.30. The lowest BCUT2D eigenvalue weighted by Gasteiger charge is -2.15. The van der Waals surface area contributed by atoms with Crippen LogP contribution in [-0.2, 0) is 0 Å². The van der Waals surface area contributed by atoms with Crippen molar-refractivity contribution in [1.29, 1.82) is 0 Å². The Balaban J connectivity index is 2.44. The monoisotopic (exact) mass is 327 g/mol. The molecule has 2 N–H and O–H groups in total. The van der Waals surface area contributed by atoms with E-state index in [0.29, 0.717) is 15.1 Å². The number of benzene rings is 2. The normalized spacial score (nSPS) is 12.5. The van der Waals surface area contributed by atoms with Crippen LogP contribution in [0, 0.1) is 12.7 Å².